The van der Waals surface area contributed by atoms with Crippen LogP contribution in [0.1, 0.15) is 34.3 Å². The minimum absolute atomic E-state index is 0.261. The molecule has 140 valence electrons. The van der Waals surface area contributed by atoms with E-state index in [1.54, 1.807) is 37.3 Å². The van der Waals surface area contributed by atoms with E-state index in [1.807, 2.05) is 0 Å². The number of nitrogens with one attached hydrogen (secondary N) is 1. The topological polar surface area (TPSA) is 84.9 Å². The summed E-state index contributed by atoms with van der Waals surface area (Å²) in [6.45, 7) is 1.99. The van der Waals surface area contributed by atoms with Crippen molar-refractivity contribution in [2.45, 2.75) is 25.0 Å². The highest BCUT2D eigenvalue weighted by atomic mass is 35.5. The Balaban J connectivity index is 1.88. The van der Waals surface area contributed by atoms with E-state index in [9.17, 15) is 14.7 Å². The van der Waals surface area contributed by atoms with Gasteiger partial charge < -0.3 is 19.9 Å². The SMILES string of the molecule is CCOC(=O)c1ccc2c(c1)C1c3c(Cl)cc(Cl)cc3NC(C(=O)O)C1O2. The molecule has 2 aliphatic heterocycles. The van der Waals surface area contributed by atoms with Gasteiger partial charge in [-0.1, -0.05) is 23.2 Å². The van der Waals surface area contributed by atoms with E-state index in [2.05, 4.69) is 5.32 Å². The van der Waals surface area contributed by atoms with Gasteiger partial charge in [0.25, 0.3) is 0 Å². The first-order valence-electron chi connectivity index (χ1n) is 8.36. The standard InChI is InChI=1S/C19H15Cl2NO5/c1-2-26-19(25)8-3-4-13-10(5-8)14-15-11(21)6-9(20)7-12(15)22-16(18(23)24)17(14)27-13/h3-7,14,16-17,22H,2H2,1H3,(H,23,24). The van der Waals surface area contributed by atoms with Gasteiger partial charge in [-0.3, -0.25) is 0 Å². The Labute approximate surface area is 165 Å². The molecule has 27 heavy (non-hydrogen) atoms. The van der Waals surface area contributed by atoms with Crippen molar-refractivity contribution >= 4 is 40.8 Å². The van der Waals surface area contributed by atoms with Crippen LogP contribution >= 0.6 is 23.2 Å². The third-order valence-electron chi connectivity index (χ3n) is 4.76. The molecular weight excluding hydrogens is 393 g/mol. The highest BCUT2D eigenvalue weighted by Crippen LogP contribution is 2.51. The van der Waals surface area contributed by atoms with E-state index < -0.39 is 30.0 Å². The number of aliphatic carboxylic acids is 1. The summed E-state index contributed by atoms with van der Waals surface area (Å²) < 4.78 is 11.0. The Morgan fingerprint density at radius 2 is 2.04 bits per heavy atom. The molecule has 0 aromatic heterocycles. The molecule has 0 amide bonds. The second kappa shape index (κ2) is 6.62. The van der Waals surface area contributed by atoms with E-state index >= 15 is 0 Å². The van der Waals surface area contributed by atoms with Gasteiger partial charge in [-0.15, -0.1) is 0 Å². The first-order chi connectivity index (χ1) is 12.9. The molecule has 2 aliphatic rings. The van der Waals surface area contributed by atoms with Gasteiger partial charge in [-0.2, -0.15) is 0 Å². The summed E-state index contributed by atoms with van der Waals surface area (Å²) in [7, 11) is 0. The Kier molecular flexibility index (Phi) is 4.40. The molecule has 2 aromatic carbocycles. The Morgan fingerprint density at radius 1 is 1.26 bits per heavy atom. The van der Waals surface area contributed by atoms with Gasteiger partial charge in [0.05, 0.1) is 18.1 Å². The fraction of sp³-hybridized carbons (Fsp3) is 0.263. The zero-order valence-corrected chi connectivity index (χ0v) is 15.7. The number of carbonyl (C=O) groups excluding carboxylic acids is 1. The molecule has 6 nitrogen and oxygen atoms in total. The van der Waals surface area contributed by atoms with Gasteiger partial charge in [0.1, 0.15) is 11.9 Å². The number of carboxylic acid groups (broad SMARTS) is 1. The summed E-state index contributed by atoms with van der Waals surface area (Å²) in [5, 5.41) is 13.4. The third kappa shape index (κ3) is 2.89. The highest BCUT2D eigenvalue weighted by molar-refractivity contribution is 6.35. The smallest absolute Gasteiger partial charge is 0.338 e. The first kappa shape index (κ1) is 17.9. The van der Waals surface area contributed by atoms with Crippen LogP contribution < -0.4 is 10.1 Å². The molecule has 3 atom stereocenters. The van der Waals surface area contributed by atoms with Crippen LogP contribution in [0, 0.1) is 0 Å². The number of carboxylic acids is 1. The number of fused-ring (bicyclic) bond motifs is 5. The summed E-state index contributed by atoms with van der Waals surface area (Å²) in [5.74, 6) is -1.43. The van der Waals surface area contributed by atoms with Crippen molar-refractivity contribution in [1.82, 2.24) is 0 Å². The van der Waals surface area contributed by atoms with Crippen molar-refractivity contribution in [3.05, 3.63) is 57.1 Å². The fourth-order valence-electron chi connectivity index (χ4n) is 3.68. The molecular formula is C19H15Cl2NO5. The Bertz CT molecular complexity index is 961. The zero-order valence-electron chi connectivity index (χ0n) is 14.2. The van der Waals surface area contributed by atoms with E-state index in [1.165, 1.54) is 0 Å². The van der Waals surface area contributed by atoms with Crippen LogP contribution in [0.25, 0.3) is 0 Å². The van der Waals surface area contributed by atoms with Crippen LogP contribution in [-0.4, -0.2) is 35.8 Å². The largest absolute Gasteiger partial charge is 0.486 e. The number of hydrogen-bond acceptors (Lipinski definition) is 5. The van der Waals surface area contributed by atoms with Gasteiger partial charge in [-0.05, 0) is 37.3 Å². The highest BCUT2D eigenvalue weighted by Gasteiger charge is 2.49. The number of rotatable bonds is 3. The number of anilines is 1. The molecule has 8 heteroatoms. The zero-order chi connectivity index (χ0) is 19.3. The second-order valence-corrected chi connectivity index (χ2v) is 7.19. The van der Waals surface area contributed by atoms with Crippen molar-refractivity contribution in [3.63, 3.8) is 0 Å². The minimum atomic E-state index is -1.05. The molecule has 4 rings (SSSR count). The molecule has 2 N–H and O–H groups in total. The van der Waals surface area contributed by atoms with Gasteiger partial charge in [-0.25, -0.2) is 9.59 Å². The lowest BCUT2D eigenvalue weighted by Gasteiger charge is -2.34. The molecule has 0 radical (unpaired) electrons. The van der Waals surface area contributed by atoms with Crippen LogP contribution in [0.15, 0.2) is 30.3 Å². The van der Waals surface area contributed by atoms with Crippen LogP contribution in [0.3, 0.4) is 0 Å². The van der Waals surface area contributed by atoms with Crippen molar-refractivity contribution in [2.75, 3.05) is 11.9 Å². The van der Waals surface area contributed by atoms with Gasteiger partial charge >= 0.3 is 11.9 Å². The lowest BCUT2D eigenvalue weighted by atomic mass is 9.80. The lowest BCUT2D eigenvalue weighted by Crippen LogP contribution is -2.48. The predicted octanol–water partition coefficient (Wildman–Crippen LogP) is 3.94. The molecule has 3 unspecified atom stereocenters. The maximum absolute atomic E-state index is 12.1. The van der Waals surface area contributed by atoms with E-state index in [-0.39, 0.29) is 6.61 Å². The molecule has 0 fully saturated rings. The quantitative estimate of drug-likeness (QED) is 0.749. The lowest BCUT2D eigenvalue weighted by molar-refractivity contribution is -0.140. The number of hydrogen-bond donors (Lipinski definition) is 2. The monoisotopic (exact) mass is 407 g/mol. The molecule has 0 bridgehead atoms. The fourth-order valence-corrected chi connectivity index (χ4v) is 4.30. The summed E-state index contributed by atoms with van der Waals surface area (Å²) in [4.78, 5) is 23.9. The number of benzene rings is 2. The van der Waals surface area contributed by atoms with Crippen LogP contribution in [0.5, 0.6) is 5.75 Å². The van der Waals surface area contributed by atoms with Gasteiger partial charge in [0.15, 0.2) is 6.04 Å². The summed E-state index contributed by atoms with van der Waals surface area (Å²) in [6.07, 6.45) is -0.707. The summed E-state index contributed by atoms with van der Waals surface area (Å²) in [5.41, 5.74) is 2.31. The average Bonchev–Trinajstić information content (AvgIpc) is 2.99. The normalized spacial score (nSPS) is 22.0. The van der Waals surface area contributed by atoms with Gasteiger partial charge in [0, 0.05) is 26.9 Å². The Morgan fingerprint density at radius 3 is 2.74 bits per heavy atom. The number of ether oxygens (including phenoxy) is 2. The van der Waals surface area contributed by atoms with Crippen molar-refractivity contribution in [2.24, 2.45) is 0 Å². The van der Waals surface area contributed by atoms with Crippen LogP contribution in [0.4, 0.5) is 5.69 Å². The number of halogens is 2. The maximum atomic E-state index is 12.1. The molecule has 0 spiro atoms. The predicted molar refractivity (Wildman–Crippen MR) is 100 cm³/mol. The van der Waals surface area contributed by atoms with Crippen molar-refractivity contribution in [3.8, 4) is 5.75 Å². The number of esters is 1. The number of carbonyl (C=O) groups is 2. The summed E-state index contributed by atoms with van der Waals surface area (Å²) in [6, 6.07) is 7.19. The Hall–Kier alpha value is -2.44. The van der Waals surface area contributed by atoms with E-state index in [4.69, 9.17) is 32.7 Å². The third-order valence-corrected chi connectivity index (χ3v) is 5.29. The van der Waals surface area contributed by atoms with E-state index in [0.717, 1.165) is 0 Å². The van der Waals surface area contributed by atoms with Crippen molar-refractivity contribution in [1.29, 1.82) is 0 Å². The average molecular weight is 408 g/mol. The van der Waals surface area contributed by atoms with Gasteiger partial charge in [0.2, 0.25) is 0 Å². The van der Waals surface area contributed by atoms with E-state index in [0.29, 0.717) is 38.2 Å². The summed E-state index contributed by atoms with van der Waals surface area (Å²) >= 11 is 12.5. The molecule has 0 saturated heterocycles. The van der Waals surface area contributed by atoms with Crippen molar-refractivity contribution < 1.29 is 24.2 Å². The first-order valence-corrected chi connectivity index (χ1v) is 9.12. The molecule has 0 aliphatic carbocycles. The van der Waals surface area contributed by atoms with Crippen LogP contribution in [0.2, 0.25) is 10.0 Å². The maximum Gasteiger partial charge on any atom is 0.338 e. The molecule has 2 aromatic rings. The second-order valence-electron chi connectivity index (χ2n) is 6.34. The molecule has 2 heterocycles. The minimum Gasteiger partial charge on any atom is -0.486 e. The van der Waals surface area contributed by atoms with Crippen LogP contribution in [-0.2, 0) is 9.53 Å². The molecule has 0 saturated carbocycles.